The number of carbonyl (C=O) groups excluding carboxylic acids is 1. The van der Waals surface area contributed by atoms with E-state index in [2.05, 4.69) is 39.5 Å². The molecule has 0 bridgehead atoms. The van der Waals surface area contributed by atoms with E-state index in [1.165, 1.54) is 17.7 Å². The standard InChI is InChI=1S/C32H34F3N5O/c1-22-8-10-24(11-9-22)20-40(31(41)37-27-6-4-3-5-7-27)28-16-18-39(19-17-28)21-29-23(2)36-30(38-29)25-12-14-26(15-13-25)32(33,34)35/h3-15,28H,16-21H2,1-2H3,(H,36,38)(H,37,41). The number of nitrogens with one attached hydrogen (secondary N) is 2. The van der Waals surface area contributed by atoms with Crippen LogP contribution in [0, 0.1) is 13.8 Å². The van der Waals surface area contributed by atoms with E-state index >= 15 is 0 Å². The molecule has 0 spiro atoms. The Morgan fingerprint density at radius 3 is 2.27 bits per heavy atom. The molecular formula is C32H34F3N5O. The molecule has 1 aliphatic rings. The second-order valence-electron chi connectivity index (χ2n) is 10.6. The van der Waals surface area contributed by atoms with Crippen LogP contribution in [0.2, 0.25) is 0 Å². The SMILES string of the molecule is Cc1ccc(CN(C(=O)Nc2ccccc2)C2CCN(Cc3nc(-c4ccc(C(F)(F)F)cc4)[nH]c3C)CC2)cc1. The highest BCUT2D eigenvalue weighted by atomic mass is 19.4. The number of amides is 2. The molecule has 41 heavy (non-hydrogen) atoms. The van der Waals surface area contributed by atoms with E-state index in [0.29, 0.717) is 24.5 Å². The van der Waals surface area contributed by atoms with E-state index in [-0.39, 0.29) is 12.1 Å². The summed E-state index contributed by atoms with van der Waals surface area (Å²) in [6.07, 6.45) is -2.72. The number of piperidine rings is 1. The fraction of sp³-hybridized carbons (Fsp3) is 0.312. The molecule has 0 unspecified atom stereocenters. The maximum atomic E-state index is 13.4. The lowest BCUT2D eigenvalue weighted by Gasteiger charge is -2.38. The normalized spacial score (nSPS) is 14.7. The van der Waals surface area contributed by atoms with Gasteiger partial charge in [0.05, 0.1) is 11.3 Å². The molecule has 6 nitrogen and oxygen atoms in total. The molecule has 2 heterocycles. The maximum Gasteiger partial charge on any atom is 0.416 e. The average Bonchev–Trinajstić information content (AvgIpc) is 3.33. The van der Waals surface area contributed by atoms with Crippen molar-refractivity contribution in [1.82, 2.24) is 19.8 Å². The average molecular weight is 562 g/mol. The highest BCUT2D eigenvalue weighted by Gasteiger charge is 2.31. The zero-order chi connectivity index (χ0) is 29.0. The van der Waals surface area contributed by atoms with E-state index in [4.69, 9.17) is 4.98 Å². The number of para-hydroxylation sites is 1. The Morgan fingerprint density at radius 2 is 1.63 bits per heavy atom. The number of anilines is 1. The molecule has 1 fully saturated rings. The van der Waals surface area contributed by atoms with Crippen molar-refractivity contribution in [1.29, 1.82) is 0 Å². The van der Waals surface area contributed by atoms with E-state index in [1.54, 1.807) is 0 Å². The highest BCUT2D eigenvalue weighted by Crippen LogP contribution is 2.31. The van der Waals surface area contributed by atoms with Gasteiger partial charge in [0.1, 0.15) is 5.82 Å². The molecule has 0 radical (unpaired) electrons. The van der Waals surface area contributed by atoms with Crippen LogP contribution >= 0.6 is 0 Å². The molecular weight excluding hydrogens is 527 g/mol. The number of hydrogen-bond acceptors (Lipinski definition) is 3. The number of rotatable bonds is 7. The van der Waals surface area contributed by atoms with Gasteiger partial charge in [-0.1, -0.05) is 60.2 Å². The number of aromatic amines is 1. The molecule has 3 aromatic carbocycles. The van der Waals surface area contributed by atoms with Crippen LogP contribution in [0.25, 0.3) is 11.4 Å². The first-order chi connectivity index (χ1) is 19.7. The molecule has 0 atom stereocenters. The summed E-state index contributed by atoms with van der Waals surface area (Å²) in [4.78, 5) is 25.6. The number of H-pyrrole nitrogens is 1. The first kappa shape index (κ1) is 28.4. The van der Waals surface area contributed by atoms with Crippen LogP contribution in [0.4, 0.5) is 23.7 Å². The Morgan fingerprint density at radius 1 is 0.976 bits per heavy atom. The molecule has 2 N–H and O–H groups in total. The minimum atomic E-state index is -4.37. The molecule has 1 aliphatic heterocycles. The number of hydrogen-bond donors (Lipinski definition) is 2. The second-order valence-corrected chi connectivity index (χ2v) is 10.6. The number of carbonyl (C=O) groups is 1. The summed E-state index contributed by atoms with van der Waals surface area (Å²) in [5, 5.41) is 3.06. The topological polar surface area (TPSA) is 64.3 Å². The van der Waals surface area contributed by atoms with Crippen molar-refractivity contribution >= 4 is 11.7 Å². The number of alkyl halides is 3. The van der Waals surface area contributed by atoms with Gasteiger partial charge in [0.2, 0.25) is 0 Å². The van der Waals surface area contributed by atoms with Gasteiger partial charge in [-0.2, -0.15) is 13.2 Å². The van der Waals surface area contributed by atoms with Crippen LogP contribution in [0.5, 0.6) is 0 Å². The fourth-order valence-electron chi connectivity index (χ4n) is 5.18. The van der Waals surface area contributed by atoms with Gasteiger partial charge in [0.15, 0.2) is 0 Å². The van der Waals surface area contributed by atoms with Crippen molar-refractivity contribution in [2.24, 2.45) is 0 Å². The molecule has 5 rings (SSSR count). The fourth-order valence-corrected chi connectivity index (χ4v) is 5.18. The summed E-state index contributed by atoms with van der Waals surface area (Å²) in [7, 11) is 0. The van der Waals surface area contributed by atoms with Crippen LogP contribution in [0.3, 0.4) is 0 Å². The van der Waals surface area contributed by atoms with Crippen LogP contribution in [-0.4, -0.2) is 44.9 Å². The molecule has 0 aliphatic carbocycles. The summed E-state index contributed by atoms with van der Waals surface area (Å²) in [5.41, 5.74) is 4.73. The van der Waals surface area contributed by atoms with E-state index in [1.807, 2.05) is 49.1 Å². The lowest BCUT2D eigenvalue weighted by atomic mass is 10.0. The Balaban J connectivity index is 1.24. The quantitative estimate of drug-likeness (QED) is 0.247. The number of nitrogens with zero attached hydrogens (tertiary/aromatic N) is 3. The monoisotopic (exact) mass is 561 g/mol. The highest BCUT2D eigenvalue weighted by molar-refractivity contribution is 5.89. The third-order valence-corrected chi connectivity index (χ3v) is 7.60. The van der Waals surface area contributed by atoms with Crippen LogP contribution < -0.4 is 5.32 Å². The Bertz CT molecular complexity index is 1440. The predicted octanol–water partition coefficient (Wildman–Crippen LogP) is 7.41. The number of aromatic nitrogens is 2. The van der Waals surface area contributed by atoms with Crippen molar-refractivity contribution in [3.63, 3.8) is 0 Å². The van der Waals surface area contributed by atoms with Crippen molar-refractivity contribution < 1.29 is 18.0 Å². The molecule has 1 aromatic heterocycles. The van der Waals surface area contributed by atoms with Gasteiger partial charge in [-0.3, -0.25) is 4.90 Å². The van der Waals surface area contributed by atoms with Gasteiger partial charge in [0, 0.05) is 49.2 Å². The van der Waals surface area contributed by atoms with Gasteiger partial charge in [-0.15, -0.1) is 0 Å². The zero-order valence-corrected chi connectivity index (χ0v) is 23.2. The molecule has 4 aromatic rings. The van der Waals surface area contributed by atoms with Crippen molar-refractivity contribution in [2.75, 3.05) is 18.4 Å². The van der Waals surface area contributed by atoms with Gasteiger partial charge >= 0.3 is 12.2 Å². The van der Waals surface area contributed by atoms with E-state index in [9.17, 15) is 18.0 Å². The first-order valence-corrected chi connectivity index (χ1v) is 13.8. The number of likely N-dealkylation sites (tertiary alicyclic amines) is 1. The van der Waals surface area contributed by atoms with Gasteiger partial charge in [-0.05, 0) is 56.5 Å². The molecule has 2 amide bonds. The number of urea groups is 1. The van der Waals surface area contributed by atoms with E-state index < -0.39 is 11.7 Å². The third kappa shape index (κ3) is 7.16. The smallest absolute Gasteiger partial charge is 0.342 e. The van der Waals surface area contributed by atoms with Crippen LogP contribution in [-0.2, 0) is 19.3 Å². The lowest BCUT2D eigenvalue weighted by Crippen LogP contribution is -2.48. The van der Waals surface area contributed by atoms with Gasteiger partial charge < -0.3 is 15.2 Å². The Labute approximate surface area is 238 Å². The lowest BCUT2D eigenvalue weighted by molar-refractivity contribution is -0.137. The number of benzene rings is 3. The maximum absolute atomic E-state index is 13.4. The molecule has 0 saturated carbocycles. The van der Waals surface area contributed by atoms with Crippen molar-refractivity contribution in [3.05, 3.63) is 107 Å². The zero-order valence-electron chi connectivity index (χ0n) is 23.2. The third-order valence-electron chi connectivity index (χ3n) is 7.60. The summed E-state index contributed by atoms with van der Waals surface area (Å²) in [6, 6.07) is 22.8. The number of imidazole rings is 1. The summed E-state index contributed by atoms with van der Waals surface area (Å²) >= 11 is 0. The van der Waals surface area contributed by atoms with Crippen molar-refractivity contribution in [2.45, 2.75) is 52.0 Å². The van der Waals surface area contributed by atoms with Crippen molar-refractivity contribution in [3.8, 4) is 11.4 Å². The van der Waals surface area contributed by atoms with E-state index in [0.717, 1.165) is 60.7 Å². The Hall–Kier alpha value is -4.11. The molecule has 214 valence electrons. The molecule has 9 heteroatoms. The number of halogens is 3. The molecule has 1 saturated heterocycles. The van der Waals surface area contributed by atoms with Gasteiger partial charge in [-0.25, -0.2) is 9.78 Å². The minimum absolute atomic E-state index is 0.0826. The summed E-state index contributed by atoms with van der Waals surface area (Å²) < 4.78 is 38.8. The minimum Gasteiger partial charge on any atom is -0.342 e. The summed E-state index contributed by atoms with van der Waals surface area (Å²) in [6.45, 7) is 6.74. The van der Waals surface area contributed by atoms with Crippen LogP contribution in [0.1, 0.15) is 40.9 Å². The van der Waals surface area contributed by atoms with Crippen LogP contribution in [0.15, 0.2) is 78.9 Å². The number of aryl methyl sites for hydroxylation is 2. The summed E-state index contributed by atoms with van der Waals surface area (Å²) in [5.74, 6) is 0.558. The van der Waals surface area contributed by atoms with Gasteiger partial charge in [0.25, 0.3) is 0 Å². The second kappa shape index (κ2) is 12.2. The predicted molar refractivity (Wildman–Crippen MR) is 154 cm³/mol. The largest absolute Gasteiger partial charge is 0.416 e. The first-order valence-electron chi connectivity index (χ1n) is 13.8. The Kier molecular flexibility index (Phi) is 8.44.